The highest BCUT2D eigenvalue weighted by Crippen LogP contribution is 2.35. The lowest BCUT2D eigenvalue weighted by Crippen LogP contribution is -1.91. The van der Waals surface area contributed by atoms with Crippen LogP contribution in [0.15, 0.2) is 18.2 Å². The topological polar surface area (TPSA) is 23.8 Å². The molecule has 0 amide bonds. The van der Waals surface area contributed by atoms with Gasteiger partial charge in [-0.1, -0.05) is 23.8 Å². The van der Waals surface area contributed by atoms with Crippen molar-refractivity contribution in [3.05, 3.63) is 34.9 Å². The summed E-state index contributed by atoms with van der Waals surface area (Å²) < 4.78 is 0. The van der Waals surface area contributed by atoms with Crippen LogP contribution in [0.25, 0.3) is 0 Å². The zero-order valence-electron chi connectivity index (χ0n) is 7.88. The van der Waals surface area contributed by atoms with Gasteiger partial charge in [-0.05, 0) is 36.8 Å². The number of rotatable bonds is 1. The van der Waals surface area contributed by atoms with Crippen molar-refractivity contribution >= 4 is 0 Å². The predicted molar refractivity (Wildman–Crippen MR) is 52.5 cm³/mol. The van der Waals surface area contributed by atoms with E-state index in [0.717, 1.165) is 12.8 Å². The van der Waals surface area contributed by atoms with Gasteiger partial charge in [-0.25, -0.2) is 0 Å². The second-order valence-corrected chi connectivity index (χ2v) is 3.80. The first-order chi connectivity index (χ1) is 6.31. The van der Waals surface area contributed by atoms with Gasteiger partial charge in [0, 0.05) is 6.42 Å². The van der Waals surface area contributed by atoms with Crippen molar-refractivity contribution in [2.45, 2.75) is 32.1 Å². The Morgan fingerprint density at radius 1 is 1.54 bits per heavy atom. The first-order valence-electron chi connectivity index (χ1n) is 4.77. The highest BCUT2D eigenvalue weighted by molar-refractivity contribution is 5.38. The molecular formula is C12H13N. The van der Waals surface area contributed by atoms with E-state index < -0.39 is 0 Å². The van der Waals surface area contributed by atoms with Crippen LogP contribution in [0, 0.1) is 18.3 Å². The van der Waals surface area contributed by atoms with Gasteiger partial charge < -0.3 is 0 Å². The molecule has 1 nitrogen and oxygen atoms in total. The summed E-state index contributed by atoms with van der Waals surface area (Å²) in [6.45, 7) is 2.11. The fourth-order valence-electron chi connectivity index (χ4n) is 2.13. The Bertz CT molecular complexity index is 360. The van der Waals surface area contributed by atoms with Gasteiger partial charge >= 0.3 is 0 Å². The fourth-order valence-corrected chi connectivity index (χ4v) is 2.13. The Balaban J connectivity index is 2.36. The van der Waals surface area contributed by atoms with E-state index in [1.54, 1.807) is 0 Å². The largest absolute Gasteiger partial charge is 0.198 e. The number of nitrogens with zero attached hydrogens (tertiary/aromatic N) is 1. The van der Waals surface area contributed by atoms with Crippen LogP contribution in [0.1, 0.15) is 35.4 Å². The summed E-state index contributed by atoms with van der Waals surface area (Å²) >= 11 is 0. The van der Waals surface area contributed by atoms with E-state index in [1.807, 2.05) is 0 Å². The van der Waals surface area contributed by atoms with Gasteiger partial charge in [0.15, 0.2) is 0 Å². The second kappa shape index (κ2) is 3.22. The lowest BCUT2D eigenvalue weighted by molar-refractivity contribution is 0.695. The molecule has 1 aliphatic carbocycles. The molecule has 0 saturated heterocycles. The summed E-state index contributed by atoms with van der Waals surface area (Å²) in [5.74, 6) is 0.500. The van der Waals surface area contributed by atoms with E-state index in [0.29, 0.717) is 12.3 Å². The van der Waals surface area contributed by atoms with Gasteiger partial charge in [0.1, 0.15) is 0 Å². The van der Waals surface area contributed by atoms with E-state index in [1.165, 1.54) is 16.7 Å². The van der Waals surface area contributed by atoms with E-state index >= 15 is 0 Å². The fraction of sp³-hybridized carbons (Fsp3) is 0.417. The van der Waals surface area contributed by atoms with Crippen LogP contribution in [-0.2, 0) is 6.42 Å². The van der Waals surface area contributed by atoms with Crippen LogP contribution in [0.3, 0.4) is 0 Å². The van der Waals surface area contributed by atoms with Crippen molar-refractivity contribution in [3.8, 4) is 6.07 Å². The minimum atomic E-state index is 0.500. The summed E-state index contributed by atoms with van der Waals surface area (Å²) in [7, 11) is 0. The summed E-state index contributed by atoms with van der Waals surface area (Å²) in [5, 5.41) is 8.67. The van der Waals surface area contributed by atoms with Crippen molar-refractivity contribution in [2.24, 2.45) is 0 Å². The lowest BCUT2D eigenvalue weighted by atomic mass is 9.97. The average Bonchev–Trinajstić information content (AvgIpc) is 2.49. The molecule has 1 atom stereocenters. The van der Waals surface area contributed by atoms with Crippen LogP contribution >= 0.6 is 0 Å². The minimum Gasteiger partial charge on any atom is -0.198 e. The van der Waals surface area contributed by atoms with E-state index in [-0.39, 0.29) is 0 Å². The second-order valence-electron chi connectivity index (χ2n) is 3.80. The zero-order valence-corrected chi connectivity index (χ0v) is 7.88. The minimum absolute atomic E-state index is 0.500. The molecule has 66 valence electrons. The van der Waals surface area contributed by atoms with Gasteiger partial charge in [-0.15, -0.1) is 0 Å². The van der Waals surface area contributed by atoms with Gasteiger partial charge in [0.25, 0.3) is 0 Å². The van der Waals surface area contributed by atoms with Gasteiger partial charge in [-0.2, -0.15) is 5.26 Å². The maximum absolute atomic E-state index is 8.67. The number of aryl methyl sites for hydroxylation is 2. The summed E-state index contributed by atoms with van der Waals surface area (Å²) in [4.78, 5) is 0. The number of benzene rings is 1. The molecule has 0 fully saturated rings. The third-order valence-electron chi connectivity index (χ3n) is 2.84. The van der Waals surface area contributed by atoms with Gasteiger partial charge in [0.05, 0.1) is 6.07 Å². The van der Waals surface area contributed by atoms with E-state index in [4.69, 9.17) is 5.26 Å². The molecule has 13 heavy (non-hydrogen) atoms. The SMILES string of the molecule is Cc1ccc2c(c1)C(CC#N)CC2. The molecule has 0 aromatic heterocycles. The molecule has 0 N–H and O–H groups in total. The van der Waals surface area contributed by atoms with E-state index in [2.05, 4.69) is 31.2 Å². The number of hydrogen-bond acceptors (Lipinski definition) is 1. The molecule has 1 aromatic carbocycles. The van der Waals surface area contributed by atoms with Crippen LogP contribution < -0.4 is 0 Å². The van der Waals surface area contributed by atoms with Crippen LogP contribution in [0.5, 0.6) is 0 Å². The number of hydrogen-bond donors (Lipinski definition) is 0. The third-order valence-corrected chi connectivity index (χ3v) is 2.84. The normalized spacial score (nSPS) is 19.5. The molecule has 0 bridgehead atoms. The highest BCUT2D eigenvalue weighted by atomic mass is 14.3. The van der Waals surface area contributed by atoms with Crippen molar-refractivity contribution in [1.82, 2.24) is 0 Å². The Labute approximate surface area is 79.0 Å². The van der Waals surface area contributed by atoms with Crippen LogP contribution in [-0.4, -0.2) is 0 Å². The molecular weight excluding hydrogens is 158 g/mol. The maximum Gasteiger partial charge on any atom is 0.0628 e. The van der Waals surface area contributed by atoms with Gasteiger partial charge in [0.2, 0.25) is 0 Å². The highest BCUT2D eigenvalue weighted by Gasteiger charge is 2.21. The molecule has 1 heteroatoms. The first-order valence-corrected chi connectivity index (χ1v) is 4.77. The third kappa shape index (κ3) is 1.45. The Kier molecular flexibility index (Phi) is 2.06. The molecule has 1 aliphatic rings. The summed E-state index contributed by atoms with van der Waals surface area (Å²) in [6.07, 6.45) is 2.99. The van der Waals surface area contributed by atoms with Crippen molar-refractivity contribution in [2.75, 3.05) is 0 Å². The molecule has 2 rings (SSSR count). The van der Waals surface area contributed by atoms with Crippen LogP contribution in [0.4, 0.5) is 0 Å². The Hall–Kier alpha value is -1.29. The summed E-state index contributed by atoms with van der Waals surface area (Å²) in [6, 6.07) is 8.88. The monoisotopic (exact) mass is 171 g/mol. The predicted octanol–water partition coefficient (Wildman–Crippen LogP) is 2.94. The quantitative estimate of drug-likeness (QED) is 0.637. The summed E-state index contributed by atoms with van der Waals surface area (Å²) in [5.41, 5.74) is 4.18. The molecule has 1 aromatic rings. The molecule has 0 radical (unpaired) electrons. The first kappa shape index (κ1) is 8.31. The Morgan fingerprint density at radius 3 is 3.15 bits per heavy atom. The van der Waals surface area contributed by atoms with Crippen LogP contribution in [0.2, 0.25) is 0 Å². The molecule has 0 spiro atoms. The molecule has 0 saturated carbocycles. The average molecular weight is 171 g/mol. The van der Waals surface area contributed by atoms with Crippen molar-refractivity contribution in [3.63, 3.8) is 0 Å². The van der Waals surface area contributed by atoms with Gasteiger partial charge in [-0.3, -0.25) is 0 Å². The van der Waals surface area contributed by atoms with Crippen molar-refractivity contribution in [1.29, 1.82) is 5.26 Å². The number of nitriles is 1. The zero-order chi connectivity index (χ0) is 9.26. The smallest absolute Gasteiger partial charge is 0.0628 e. The maximum atomic E-state index is 8.67. The molecule has 0 heterocycles. The van der Waals surface area contributed by atoms with E-state index in [9.17, 15) is 0 Å². The molecule has 0 aliphatic heterocycles. The van der Waals surface area contributed by atoms with Crippen molar-refractivity contribution < 1.29 is 0 Å². The lowest BCUT2D eigenvalue weighted by Gasteiger charge is -2.06. The Morgan fingerprint density at radius 2 is 2.38 bits per heavy atom. The molecule has 1 unspecified atom stereocenters. The number of fused-ring (bicyclic) bond motifs is 1. The standard InChI is InChI=1S/C12H13N/c1-9-2-3-10-4-5-11(6-7-13)12(10)8-9/h2-3,8,11H,4-6H2,1H3.